The van der Waals surface area contributed by atoms with Gasteiger partial charge >= 0.3 is 0 Å². The first kappa shape index (κ1) is 11.6. The highest BCUT2D eigenvalue weighted by Gasteiger charge is 2.10. The van der Waals surface area contributed by atoms with Crippen molar-refractivity contribution in [3.8, 4) is 0 Å². The Kier molecular flexibility index (Phi) is 4.84. The van der Waals surface area contributed by atoms with Gasteiger partial charge in [-0.2, -0.15) is 0 Å². The average molecular weight is 219 g/mol. The molecule has 1 unspecified atom stereocenters. The van der Waals surface area contributed by atoms with E-state index in [9.17, 15) is 0 Å². The van der Waals surface area contributed by atoms with Crippen molar-refractivity contribution in [2.45, 2.75) is 31.7 Å². The molecule has 0 saturated carbocycles. The van der Waals surface area contributed by atoms with Gasteiger partial charge in [-0.1, -0.05) is 30.3 Å². The van der Waals surface area contributed by atoms with Crippen molar-refractivity contribution in [3.63, 3.8) is 0 Å². The first-order valence-electron chi connectivity index (χ1n) is 6.30. The molecule has 0 radical (unpaired) electrons. The SMILES string of the molecule is c1ccc(CCNC2CCCOCC2)cc1. The Morgan fingerprint density at radius 1 is 1.12 bits per heavy atom. The van der Waals surface area contributed by atoms with Gasteiger partial charge in [0.15, 0.2) is 0 Å². The monoisotopic (exact) mass is 219 g/mol. The van der Waals surface area contributed by atoms with E-state index in [-0.39, 0.29) is 0 Å². The van der Waals surface area contributed by atoms with Gasteiger partial charge in [0.25, 0.3) is 0 Å². The predicted molar refractivity (Wildman–Crippen MR) is 66.6 cm³/mol. The van der Waals surface area contributed by atoms with Gasteiger partial charge in [-0.15, -0.1) is 0 Å². The third-order valence-corrected chi connectivity index (χ3v) is 3.14. The molecule has 1 N–H and O–H groups in total. The van der Waals surface area contributed by atoms with E-state index < -0.39 is 0 Å². The van der Waals surface area contributed by atoms with Crippen LogP contribution in [0.2, 0.25) is 0 Å². The van der Waals surface area contributed by atoms with E-state index in [4.69, 9.17) is 4.74 Å². The zero-order valence-electron chi connectivity index (χ0n) is 9.82. The van der Waals surface area contributed by atoms with Gasteiger partial charge in [0.2, 0.25) is 0 Å². The molecule has 2 rings (SSSR count). The van der Waals surface area contributed by atoms with E-state index >= 15 is 0 Å². The molecule has 2 heteroatoms. The predicted octanol–water partition coefficient (Wildman–Crippen LogP) is 2.39. The minimum absolute atomic E-state index is 0.659. The van der Waals surface area contributed by atoms with Crippen LogP contribution in [0.3, 0.4) is 0 Å². The fraction of sp³-hybridized carbons (Fsp3) is 0.571. The summed E-state index contributed by atoms with van der Waals surface area (Å²) < 4.78 is 5.45. The minimum Gasteiger partial charge on any atom is -0.381 e. The molecule has 1 saturated heterocycles. The number of ether oxygens (including phenoxy) is 1. The summed E-state index contributed by atoms with van der Waals surface area (Å²) in [6, 6.07) is 11.3. The Morgan fingerprint density at radius 3 is 2.88 bits per heavy atom. The standard InChI is InChI=1S/C14H21NO/c1-2-5-13(6-3-1)8-10-15-14-7-4-11-16-12-9-14/h1-3,5-6,14-15H,4,7-12H2. The summed E-state index contributed by atoms with van der Waals surface area (Å²) in [7, 11) is 0. The normalized spacial score (nSPS) is 21.6. The third-order valence-electron chi connectivity index (χ3n) is 3.14. The number of hydrogen-bond acceptors (Lipinski definition) is 2. The molecule has 0 aromatic heterocycles. The van der Waals surface area contributed by atoms with Gasteiger partial charge in [-0.3, -0.25) is 0 Å². The second kappa shape index (κ2) is 6.66. The Balaban J connectivity index is 1.67. The van der Waals surface area contributed by atoms with Crippen molar-refractivity contribution in [1.29, 1.82) is 0 Å². The fourth-order valence-corrected chi connectivity index (χ4v) is 2.17. The summed E-state index contributed by atoms with van der Waals surface area (Å²) in [5, 5.41) is 3.63. The van der Waals surface area contributed by atoms with Crippen molar-refractivity contribution >= 4 is 0 Å². The maximum atomic E-state index is 5.45. The zero-order valence-corrected chi connectivity index (χ0v) is 9.82. The first-order chi connectivity index (χ1) is 7.95. The van der Waals surface area contributed by atoms with E-state index in [1.807, 2.05) is 0 Å². The Bertz CT molecular complexity index is 278. The van der Waals surface area contributed by atoms with Crippen LogP contribution < -0.4 is 5.32 Å². The van der Waals surface area contributed by atoms with Gasteiger partial charge in [0.1, 0.15) is 0 Å². The summed E-state index contributed by atoms with van der Waals surface area (Å²) in [6.45, 7) is 2.94. The van der Waals surface area contributed by atoms with Gasteiger partial charge in [-0.25, -0.2) is 0 Å². The topological polar surface area (TPSA) is 21.3 Å². The van der Waals surface area contributed by atoms with Crippen LogP contribution in [0.15, 0.2) is 30.3 Å². The largest absolute Gasteiger partial charge is 0.381 e. The molecule has 1 atom stereocenters. The van der Waals surface area contributed by atoms with Crippen LogP contribution in [-0.4, -0.2) is 25.8 Å². The average Bonchev–Trinajstić information content (AvgIpc) is 2.59. The van der Waals surface area contributed by atoms with Crippen LogP contribution in [0.4, 0.5) is 0 Å². The van der Waals surface area contributed by atoms with Crippen LogP contribution in [-0.2, 0) is 11.2 Å². The summed E-state index contributed by atoms with van der Waals surface area (Å²) in [5.41, 5.74) is 1.42. The highest BCUT2D eigenvalue weighted by molar-refractivity contribution is 5.14. The van der Waals surface area contributed by atoms with Crippen molar-refractivity contribution in [3.05, 3.63) is 35.9 Å². The lowest BCUT2D eigenvalue weighted by molar-refractivity contribution is 0.142. The molecule has 0 amide bonds. The quantitative estimate of drug-likeness (QED) is 0.839. The maximum absolute atomic E-state index is 5.45. The van der Waals surface area contributed by atoms with Gasteiger partial charge in [0, 0.05) is 19.3 Å². The third kappa shape index (κ3) is 3.95. The summed E-state index contributed by atoms with van der Waals surface area (Å²) >= 11 is 0. The van der Waals surface area contributed by atoms with Crippen molar-refractivity contribution < 1.29 is 4.74 Å². The summed E-state index contributed by atoms with van der Waals surface area (Å²) in [5.74, 6) is 0. The van der Waals surface area contributed by atoms with Crippen molar-refractivity contribution in [2.75, 3.05) is 19.8 Å². The van der Waals surface area contributed by atoms with E-state index in [0.717, 1.165) is 32.6 Å². The Labute approximate surface area is 98.0 Å². The molecule has 1 aromatic carbocycles. The smallest absolute Gasteiger partial charge is 0.0480 e. The minimum atomic E-state index is 0.659. The van der Waals surface area contributed by atoms with Crippen molar-refractivity contribution in [1.82, 2.24) is 5.32 Å². The fourth-order valence-electron chi connectivity index (χ4n) is 2.17. The van der Waals surface area contributed by atoms with Crippen LogP contribution in [0.25, 0.3) is 0 Å². The number of benzene rings is 1. The molecule has 1 aromatic rings. The molecular weight excluding hydrogens is 198 g/mol. The first-order valence-corrected chi connectivity index (χ1v) is 6.30. The highest BCUT2D eigenvalue weighted by Crippen LogP contribution is 2.08. The molecule has 1 aliphatic rings. The summed E-state index contributed by atoms with van der Waals surface area (Å²) in [4.78, 5) is 0. The maximum Gasteiger partial charge on any atom is 0.0480 e. The lowest BCUT2D eigenvalue weighted by Crippen LogP contribution is -2.31. The molecule has 16 heavy (non-hydrogen) atoms. The molecule has 88 valence electrons. The van der Waals surface area contributed by atoms with Gasteiger partial charge in [-0.05, 0) is 37.8 Å². The molecule has 0 spiro atoms. The van der Waals surface area contributed by atoms with Crippen LogP contribution in [0.5, 0.6) is 0 Å². The lowest BCUT2D eigenvalue weighted by Gasteiger charge is -2.15. The second-order valence-electron chi connectivity index (χ2n) is 4.43. The zero-order chi connectivity index (χ0) is 11.1. The molecule has 1 heterocycles. The highest BCUT2D eigenvalue weighted by atomic mass is 16.5. The van der Waals surface area contributed by atoms with E-state index in [1.54, 1.807) is 0 Å². The molecule has 0 bridgehead atoms. The van der Waals surface area contributed by atoms with Crippen LogP contribution in [0.1, 0.15) is 24.8 Å². The van der Waals surface area contributed by atoms with E-state index in [0.29, 0.717) is 6.04 Å². The van der Waals surface area contributed by atoms with Crippen LogP contribution >= 0.6 is 0 Å². The van der Waals surface area contributed by atoms with Crippen molar-refractivity contribution in [2.24, 2.45) is 0 Å². The number of nitrogens with one attached hydrogen (secondary N) is 1. The lowest BCUT2D eigenvalue weighted by atomic mass is 10.1. The Morgan fingerprint density at radius 2 is 2.00 bits per heavy atom. The van der Waals surface area contributed by atoms with Gasteiger partial charge in [0.05, 0.1) is 0 Å². The summed E-state index contributed by atoms with van der Waals surface area (Å²) in [6.07, 6.45) is 4.74. The van der Waals surface area contributed by atoms with Crippen LogP contribution in [0, 0.1) is 0 Å². The molecule has 1 aliphatic heterocycles. The number of hydrogen-bond donors (Lipinski definition) is 1. The van der Waals surface area contributed by atoms with Gasteiger partial charge < -0.3 is 10.1 Å². The molecular formula is C14H21NO. The van der Waals surface area contributed by atoms with E-state index in [2.05, 4.69) is 35.6 Å². The second-order valence-corrected chi connectivity index (χ2v) is 4.43. The Hall–Kier alpha value is -0.860. The van der Waals surface area contributed by atoms with E-state index in [1.165, 1.54) is 18.4 Å². The number of rotatable bonds is 4. The molecule has 1 fully saturated rings. The molecule has 2 nitrogen and oxygen atoms in total. The molecule has 0 aliphatic carbocycles.